The molecule has 0 unspecified atom stereocenters. The number of amidine groups is 1. The number of benzene rings is 3. The number of nitrogens with one attached hydrogen (secondary N) is 2. The number of rotatable bonds is 7. The fourth-order valence-electron chi connectivity index (χ4n) is 3.29. The van der Waals surface area contributed by atoms with E-state index in [9.17, 15) is 18.0 Å². The topological polar surface area (TPSA) is 143 Å². The van der Waals surface area contributed by atoms with Gasteiger partial charge in [-0.05, 0) is 66.4 Å². The summed E-state index contributed by atoms with van der Waals surface area (Å²) in [6.45, 7) is -0.344. The van der Waals surface area contributed by atoms with Gasteiger partial charge in [0.15, 0.2) is 11.8 Å². The fraction of sp³-hybridized carbons (Fsp3) is 0.0417. The highest BCUT2D eigenvalue weighted by Crippen LogP contribution is 2.38. The van der Waals surface area contributed by atoms with Crippen LogP contribution in [0.15, 0.2) is 76.5 Å². The van der Waals surface area contributed by atoms with Crippen molar-refractivity contribution in [3.63, 3.8) is 0 Å². The molecule has 1 heterocycles. The van der Waals surface area contributed by atoms with Crippen LogP contribution in [0.4, 0.5) is 11.4 Å². The van der Waals surface area contributed by atoms with Gasteiger partial charge < -0.3 is 10.1 Å². The van der Waals surface area contributed by atoms with E-state index < -0.39 is 21.8 Å². The number of ether oxygens (including phenoxy) is 1. The molecule has 0 aromatic heterocycles. The van der Waals surface area contributed by atoms with Gasteiger partial charge in [0.25, 0.3) is 11.8 Å². The summed E-state index contributed by atoms with van der Waals surface area (Å²) < 4.78 is 28.4. The Labute approximate surface area is 226 Å². The Morgan fingerprint density at radius 2 is 1.78 bits per heavy atom. The van der Waals surface area contributed by atoms with Crippen LogP contribution in [-0.2, 0) is 19.6 Å². The second-order valence-electron chi connectivity index (χ2n) is 7.60. The van der Waals surface area contributed by atoms with Crippen molar-refractivity contribution >= 4 is 79.4 Å². The number of carbonyl (C=O) groups is 2. The summed E-state index contributed by atoms with van der Waals surface area (Å²) in [5, 5.41) is 16.5. The van der Waals surface area contributed by atoms with Crippen LogP contribution < -0.4 is 20.1 Å². The van der Waals surface area contributed by atoms with Gasteiger partial charge in [-0.1, -0.05) is 41.4 Å². The van der Waals surface area contributed by atoms with Gasteiger partial charge in [0.2, 0.25) is 10.0 Å². The van der Waals surface area contributed by atoms with E-state index in [4.69, 9.17) is 38.5 Å². The molecule has 190 valence electrons. The SMILES string of the molecule is N=C1S/C(=C\c2ccccc2OCC(=O)Nc2ccc(S(N)(=O)=O)cc2)C(=O)N1c1ccc(Cl)c(Cl)c1. The Morgan fingerprint density at radius 1 is 1.08 bits per heavy atom. The number of nitrogens with zero attached hydrogens (tertiary/aromatic N) is 1. The summed E-state index contributed by atoms with van der Waals surface area (Å²) in [6, 6.07) is 16.9. The van der Waals surface area contributed by atoms with Crippen molar-refractivity contribution in [1.29, 1.82) is 5.41 Å². The summed E-state index contributed by atoms with van der Waals surface area (Å²) in [7, 11) is -3.84. The first-order valence-electron chi connectivity index (χ1n) is 10.4. The van der Waals surface area contributed by atoms with Gasteiger partial charge in [-0.25, -0.2) is 13.6 Å². The molecule has 37 heavy (non-hydrogen) atoms. The van der Waals surface area contributed by atoms with E-state index in [2.05, 4.69) is 5.32 Å². The van der Waals surface area contributed by atoms with Crippen molar-refractivity contribution in [3.05, 3.63) is 87.2 Å². The van der Waals surface area contributed by atoms with E-state index >= 15 is 0 Å². The number of amides is 2. The van der Waals surface area contributed by atoms with Crippen LogP contribution in [0.25, 0.3) is 6.08 Å². The van der Waals surface area contributed by atoms with E-state index in [-0.39, 0.29) is 26.6 Å². The maximum Gasteiger partial charge on any atom is 0.271 e. The normalized spacial score (nSPS) is 14.8. The zero-order valence-corrected chi connectivity index (χ0v) is 21.9. The molecule has 0 spiro atoms. The molecule has 3 aromatic carbocycles. The van der Waals surface area contributed by atoms with Crippen molar-refractivity contribution in [2.24, 2.45) is 5.14 Å². The van der Waals surface area contributed by atoms with E-state index in [0.29, 0.717) is 27.7 Å². The van der Waals surface area contributed by atoms with Crippen molar-refractivity contribution in [1.82, 2.24) is 0 Å². The fourth-order valence-corrected chi connectivity index (χ4v) is 4.95. The molecule has 1 saturated heterocycles. The Morgan fingerprint density at radius 3 is 2.46 bits per heavy atom. The monoisotopic (exact) mass is 576 g/mol. The number of hydrogen-bond acceptors (Lipinski definition) is 7. The molecule has 9 nitrogen and oxygen atoms in total. The molecule has 1 aliphatic rings. The quantitative estimate of drug-likeness (QED) is 0.347. The molecule has 1 aliphatic heterocycles. The van der Waals surface area contributed by atoms with Gasteiger partial charge in [0.05, 0.1) is 25.5 Å². The van der Waals surface area contributed by atoms with Gasteiger partial charge in [-0.2, -0.15) is 0 Å². The van der Waals surface area contributed by atoms with E-state index in [0.717, 1.165) is 11.8 Å². The third kappa shape index (κ3) is 6.32. The number of carbonyl (C=O) groups excluding carboxylic acids is 2. The molecule has 4 N–H and O–H groups in total. The molecular weight excluding hydrogens is 559 g/mol. The maximum atomic E-state index is 13.1. The number of primary sulfonamides is 1. The maximum absolute atomic E-state index is 13.1. The molecule has 4 rings (SSSR count). The second-order valence-corrected chi connectivity index (χ2v) is 11.0. The van der Waals surface area contributed by atoms with Gasteiger partial charge in [-0.3, -0.25) is 19.9 Å². The Bertz CT molecular complexity index is 1540. The molecule has 13 heteroatoms. The third-order valence-electron chi connectivity index (χ3n) is 5.02. The number of thioether (sulfide) groups is 1. The zero-order chi connectivity index (χ0) is 26.7. The standard InChI is InChI=1S/C24H18Cl2N4O5S2/c25-18-10-7-16(12-19(18)26)30-23(32)21(36-24(30)27)11-14-3-1-2-4-20(14)35-13-22(31)29-15-5-8-17(9-6-15)37(28,33)34/h1-12,27H,13H2,(H,29,31)(H2,28,33,34)/b21-11-,27-24?. The predicted octanol–water partition coefficient (Wildman–Crippen LogP) is 4.71. The highest BCUT2D eigenvalue weighted by molar-refractivity contribution is 8.19. The van der Waals surface area contributed by atoms with Crippen molar-refractivity contribution in [3.8, 4) is 5.75 Å². The molecular formula is C24H18Cl2N4O5S2. The highest BCUT2D eigenvalue weighted by atomic mass is 35.5. The second kappa shape index (κ2) is 11.0. The molecule has 0 aliphatic carbocycles. The lowest BCUT2D eigenvalue weighted by Crippen LogP contribution is -2.28. The summed E-state index contributed by atoms with van der Waals surface area (Å²) in [5.41, 5.74) is 1.32. The minimum atomic E-state index is -3.84. The smallest absolute Gasteiger partial charge is 0.271 e. The Balaban J connectivity index is 1.46. The highest BCUT2D eigenvalue weighted by Gasteiger charge is 2.34. The number of para-hydroxylation sites is 1. The summed E-state index contributed by atoms with van der Waals surface area (Å²) in [6.07, 6.45) is 1.58. The van der Waals surface area contributed by atoms with Crippen molar-refractivity contribution in [2.45, 2.75) is 4.90 Å². The molecule has 0 saturated carbocycles. The Kier molecular flexibility index (Phi) is 7.90. The van der Waals surface area contributed by atoms with Crippen molar-refractivity contribution in [2.75, 3.05) is 16.8 Å². The molecule has 0 bridgehead atoms. The average molecular weight is 577 g/mol. The minimum Gasteiger partial charge on any atom is -0.483 e. The summed E-state index contributed by atoms with van der Waals surface area (Å²) >= 11 is 13.0. The number of anilines is 2. The lowest BCUT2D eigenvalue weighted by Gasteiger charge is -2.15. The molecule has 2 amide bonds. The van der Waals surface area contributed by atoms with Crippen LogP contribution in [0.5, 0.6) is 5.75 Å². The predicted molar refractivity (Wildman–Crippen MR) is 146 cm³/mol. The molecule has 0 radical (unpaired) electrons. The van der Waals surface area contributed by atoms with Crippen LogP contribution in [0, 0.1) is 5.41 Å². The molecule has 3 aromatic rings. The largest absolute Gasteiger partial charge is 0.483 e. The molecule has 1 fully saturated rings. The van der Waals surface area contributed by atoms with E-state index in [1.807, 2.05) is 0 Å². The van der Waals surface area contributed by atoms with Gasteiger partial charge in [0, 0.05) is 11.3 Å². The Hall–Kier alpha value is -3.35. The average Bonchev–Trinajstić information content (AvgIpc) is 3.12. The summed E-state index contributed by atoms with van der Waals surface area (Å²) in [4.78, 5) is 26.8. The van der Waals surface area contributed by atoms with Gasteiger partial charge >= 0.3 is 0 Å². The van der Waals surface area contributed by atoms with E-state index in [1.165, 1.54) is 35.2 Å². The van der Waals surface area contributed by atoms with Gasteiger partial charge in [-0.15, -0.1) is 0 Å². The summed E-state index contributed by atoms with van der Waals surface area (Å²) in [5.74, 6) is -0.545. The van der Waals surface area contributed by atoms with Gasteiger partial charge in [0.1, 0.15) is 5.75 Å². The van der Waals surface area contributed by atoms with Crippen molar-refractivity contribution < 1.29 is 22.7 Å². The third-order valence-corrected chi connectivity index (χ3v) is 7.57. The van der Waals surface area contributed by atoms with Crippen LogP contribution in [0.1, 0.15) is 5.56 Å². The van der Waals surface area contributed by atoms with E-state index in [1.54, 1.807) is 42.5 Å². The molecule has 0 atom stereocenters. The first-order chi connectivity index (χ1) is 17.5. The first-order valence-corrected chi connectivity index (χ1v) is 13.6. The van der Waals surface area contributed by atoms with Crippen LogP contribution in [-0.4, -0.2) is 32.0 Å². The number of halogens is 2. The lowest BCUT2D eigenvalue weighted by atomic mass is 10.2. The minimum absolute atomic E-state index is 0.000806. The number of hydrogen-bond donors (Lipinski definition) is 3. The zero-order valence-electron chi connectivity index (χ0n) is 18.8. The lowest BCUT2D eigenvalue weighted by molar-refractivity contribution is -0.118. The van der Waals surface area contributed by atoms with Crippen LogP contribution >= 0.6 is 35.0 Å². The first kappa shape index (κ1) is 26.7. The number of nitrogens with two attached hydrogens (primary N) is 1. The number of sulfonamides is 1. The van der Waals surface area contributed by atoms with Crippen LogP contribution in [0.3, 0.4) is 0 Å². The van der Waals surface area contributed by atoms with Crippen LogP contribution in [0.2, 0.25) is 10.0 Å².